The van der Waals surface area contributed by atoms with Gasteiger partial charge in [-0.1, -0.05) is 0 Å². The van der Waals surface area contributed by atoms with Crippen molar-refractivity contribution in [3.8, 4) is 0 Å². The Morgan fingerprint density at radius 3 is 2.60 bits per heavy atom. The summed E-state index contributed by atoms with van der Waals surface area (Å²) < 4.78 is 5.25. The zero-order valence-corrected chi connectivity index (χ0v) is 9.00. The number of ether oxygens (including phenoxy) is 1. The molecule has 86 valence electrons. The maximum atomic E-state index is 11.8. The van der Waals surface area contributed by atoms with Gasteiger partial charge in [0.1, 0.15) is 0 Å². The molecule has 0 unspecified atom stereocenters. The molecule has 2 amide bonds. The Bertz CT molecular complexity index is 211. The molecule has 5 heteroatoms. The molecular formula is C10H19N3O2. The maximum absolute atomic E-state index is 11.8. The first kappa shape index (κ1) is 10.7. The fourth-order valence-corrected chi connectivity index (χ4v) is 1.98. The summed E-state index contributed by atoms with van der Waals surface area (Å²) in [7, 11) is 0. The van der Waals surface area contributed by atoms with Crippen LogP contribution in [0.3, 0.4) is 0 Å². The molecular weight excluding hydrogens is 194 g/mol. The van der Waals surface area contributed by atoms with E-state index in [1.54, 1.807) is 0 Å². The minimum atomic E-state index is 0.0865. The van der Waals surface area contributed by atoms with Crippen molar-refractivity contribution in [1.29, 1.82) is 0 Å². The highest BCUT2D eigenvalue weighted by atomic mass is 16.5. The Hall–Kier alpha value is -0.810. The van der Waals surface area contributed by atoms with Crippen molar-refractivity contribution >= 4 is 6.03 Å². The lowest BCUT2D eigenvalue weighted by atomic mass is 10.1. The summed E-state index contributed by atoms with van der Waals surface area (Å²) >= 11 is 0. The van der Waals surface area contributed by atoms with Crippen LogP contribution < -0.4 is 10.6 Å². The van der Waals surface area contributed by atoms with Gasteiger partial charge in [-0.25, -0.2) is 4.79 Å². The number of piperazine rings is 1. The number of hydrogen-bond acceptors (Lipinski definition) is 3. The zero-order chi connectivity index (χ0) is 10.5. The molecule has 2 saturated heterocycles. The van der Waals surface area contributed by atoms with Crippen LogP contribution in [0.5, 0.6) is 0 Å². The first-order valence-electron chi connectivity index (χ1n) is 5.70. The Morgan fingerprint density at radius 2 is 1.93 bits per heavy atom. The summed E-state index contributed by atoms with van der Waals surface area (Å²) in [6, 6.07) is 0.393. The second kappa shape index (κ2) is 5.32. The number of nitrogens with one attached hydrogen (secondary N) is 2. The fraction of sp³-hybridized carbons (Fsp3) is 0.900. The van der Waals surface area contributed by atoms with Crippen molar-refractivity contribution < 1.29 is 9.53 Å². The van der Waals surface area contributed by atoms with Crippen molar-refractivity contribution in [2.45, 2.75) is 18.9 Å². The molecule has 0 aromatic rings. The van der Waals surface area contributed by atoms with Gasteiger partial charge in [-0.3, -0.25) is 0 Å². The van der Waals surface area contributed by atoms with Gasteiger partial charge in [0.05, 0.1) is 0 Å². The minimum Gasteiger partial charge on any atom is -0.381 e. The highest BCUT2D eigenvalue weighted by molar-refractivity contribution is 5.74. The van der Waals surface area contributed by atoms with Crippen LogP contribution in [0.25, 0.3) is 0 Å². The fourth-order valence-electron chi connectivity index (χ4n) is 1.98. The highest BCUT2D eigenvalue weighted by Gasteiger charge is 2.20. The summed E-state index contributed by atoms with van der Waals surface area (Å²) in [5.41, 5.74) is 0. The van der Waals surface area contributed by atoms with Gasteiger partial charge in [0.25, 0.3) is 0 Å². The van der Waals surface area contributed by atoms with Crippen molar-refractivity contribution in [3.05, 3.63) is 0 Å². The van der Waals surface area contributed by atoms with E-state index < -0.39 is 0 Å². The van der Waals surface area contributed by atoms with Gasteiger partial charge in [-0.05, 0) is 12.8 Å². The lowest BCUT2D eigenvalue weighted by Crippen LogP contribution is -2.52. The van der Waals surface area contributed by atoms with Crippen LogP contribution in [0.4, 0.5) is 4.79 Å². The summed E-state index contributed by atoms with van der Waals surface area (Å²) in [4.78, 5) is 13.7. The monoisotopic (exact) mass is 213 g/mol. The van der Waals surface area contributed by atoms with Crippen molar-refractivity contribution in [2.24, 2.45) is 0 Å². The summed E-state index contributed by atoms with van der Waals surface area (Å²) in [6.45, 7) is 4.98. The summed E-state index contributed by atoms with van der Waals surface area (Å²) in [6.07, 6.45) is 1.88. The van der Waals surface area contributed by atoms with Crippen molar-refractivity contribution in [3.63, 3.8) is 0 Å². The topological polar surface area (TPSA) is 53.6 Å². The Kier molecular flexibility index (Phi) is 3.80. The quantitative estimate of drug-likeness (QED) is 0.633. The minimum absolute atomic E-state index is 0.0865. The van der Waals surface area contributed by atoms with Gasteiger partial charge < -0.3 is 20.3 Å². The predicted octanol–water partition coefficient (Wildman–Crippen LogP) is -0.220. The van der Waals surface area contributed by atoms with E-state index in [1.165, 1.54) is 0 Å². The third-order valence-corrected chi connectivity index (χ3v) is 2.95. The number of urea groups is 1. The second-order valence-corrected chi connectivity index (χ2v) is 4.07. The van der Waals surface area contributed by atoms with Gasteiger partial charge in [0.2, 0.25) is 0 Å². The Labute approximate surface area is 90.1 Å². The molecule has 2 aliphatic rings. The molecule has 2 aliphatic heterocycles. The largest absolute Gasteiger partial charge is 0.381 e. The number of nitrogens with zero attached hydrogens (tertiary/aromatic N) is 1. The van der Waals surface area contributed by atoms with E-state index in [2.05, 4.69) is 10.6 Å². The predicted molar refractivity (Wildman–Crippen MR) is 56.8 cm³/mol. The average molecular weight is 213 g/mol. The number of carbonyl (C=O) groups is 1. The molecule has 0 radical (unpaired) electrons. The first-order valence-corrected chi connectivity index (χ1v) is 5.70. The van der Waals surface area contributed by atoms with Crippen LogP contribution in [0.15, 0.2) is 0 Å². The molecule has 0 aliphatic carbocycles. The van der Waals surface area contributed by atoms with Crippen molar-refractivity contribution in [2.75, 3.05) is 39.4 Å². The Balaban J connectivity index is 1.74. The van der Waals surface area contributed by atoms with Crippen molar-refractivity contribution in [1.82, 2.24) is 15.5 Å². The summed E-state index contributed by atoms with van der Waals surface area (Å²) in [5.74, 6) is 0. The molecule has 2 fully saturated rings. The van der Waals surface area contributed by atoms with Gasteiger partial charge in [0, 0.05) is 45.4 Å². The molecule has 2 heterocycles. The van der Waals surface area contributed by atoms with Crippen LogP contribution in [-0.2, 0) is 4.74 Å². The highest BCUT2D eigenvalue weighted by Crippen LogP contribution is 2.07. The smallest absolute Gasteiger partial charge is 0.317 e. The number of rotatable bonds is 1. The molecule has 2 N–H and O–H groups in total. The van der Waals surface area contributed by atoms with E-state index in [1.807, 2.05) is 4.90 Å². The van der Waals surface area contributed by atoms with Gasteiger partial charge >= 0.3 is 6.03 Å². The van der Waals surface area contributed by atoms with Crippen LogP contribution in [-0.4, -0.2) is 56.4 Å². The lowest BCUT2D eigenvalue weighted by molar-refractivity contribution is 0.0778. The third kappa shape index (κ3) is 3.07. The average Bonchev–Trinajstić information content (AvgIpc) is 2.31. The molecule has 15 heavy (non-hydrogen) atoms. The zero-order valence-electron chi connectivity index (χ0n) is 9.00. The van der Waals surface area contributed by atoms with E-state index in [0.29, 0.717) is 6.04 Å². The SMILES string of the molecule is O=C(NC1CCOCC1)N1CCNCC1. The first-order chi connectivity index (χ1) is 7.36. The van der Waals surface area contributed by atoms with Crippen LogP contribution in [0.1, 0.15) is 12.8 Å². The third-order valence-electron chi connectivity index (χ3n) is 2.95. The molecule has 0 bridgehead atoms. The maximum Gasteiger partial charge on any atom is 0.317 e. The van der Waals surface area contributed by atoms with Gasteiger partial charge in [0.15, 0.2) is 0 Å². The van der Waals surface area contributed by atoms with Gasteiger partial charge in [-0.2, -0.15) is 0 Å². The normalized spacial score (nSPS) is 23.9. The number of amides is 2. The molecule has 2 rings (SSSR count). The molecule has 0 saturated carbocycles. The van der Waals surface area contributed by atoms with E-state index >= 15 is 0 Å². The molecule has 0 aromatic heterocycles. The molecule has 0 atom stereocenters. The van der Waals surface area contributed by atoms with E-state index in [9.17, 15) is 4.79 Å². The van der Waals surface area contributed by atoms with Gasteiger partial charge in [-0.15, -0.1) is 0 Å². The lowest BCUT2D eigenvalue weighted by Gasteiger charge is -2.31. The molecule has 0 spiro atoms. The van der Waals surface area contributed by atoms with Crippen LogP contribution >= 0.6 is 0 Å². The van der Waals surface area contributed by atoms with Crippen LogP contribution in [0.2, 0.25) is 0 Å². The molecule has 0 aromatic carbocycles. The van der Waals surface area contributed by atoms with Crippen LogP contribution in [0, 0.1) is 0 Å². The second-order valence-electron chi connectivity index (χ2n) is 4.07. The Morgan fingerprint density at radius 1 is 1.27 bits per heavy atom. The van der Waals surface area contributed by atoms with E-state index in [0.717, 1.165) is 52.2 Å². The van der Waals surface area contributed by atoms with E-state index in [4.69, 9.17) is 4.74 Å². The number of carbonyl (C=O) groups excluding carboxylic acids is 1. The number of hydrogen-bond donors (Lipinski definition) is 2. The molecule has 5 nitrogen and oxygen atoms in total. The summed E-state index contributed by atoms with van der Waals surface area (Å²) in [5, 5.41) is 6.30. The standard InChI is InChI=1S/C10H19N3O2/c14-10(13-5-3-11-4-6-13)12-9-1-7-15-8-2-9/h9,11H,1-8H2,(H,12,14). The van der Waals surface area contributed by atoms with E-state index in [-0.39, 0.29) is 6.03 Å².